The van der Waals surface area contributed by atoms with E-state index in [1.165, 1.54) is 38.5 Å². The number of hydrogen-bond donors (Lipinski definition) is 1. The summed E-state index contributed by atoms with van der Waals surface area (Å²) in [5.74, 6) is 0.319. The van der Waals surface area contributed by atoms with Crippen molar-refractivity contribution in [1.82, 2.24) is 4.98 Å². The summed E-state index contributed by atoms with van der Waals surface area (Å²) < 4.78 is 42.0. The maximum atomic E-state index is 13.7. The molecule has 0 amide bonds. The van der Waals surface area contributed by atoms with E-state index in [1.54, 1.807) is 31.2 Å². The monoisotopic (exact) mass is 519 g/mol. The zero-order valence-corrected chi connectivity index (χ0v) is 21.1. The van der Waals surface area contributed by atoms with Gasteiger partial charge in [-0.3, -0.25) is 4.79 Å². The van der Waals surface area contributed by atoms with Crippen molar-refractivity contribution in [2.24, 2.45) is 0 Å². The van der Waals surface area contributed by atoms with Crippen molar-refractivity contribution in [2.75, 3.05) is 27.5 Å². The largest absolute Gasteiger partial charge is 0.494 e. The quantitative estimate of drug-likeness (QED) is 0.288. The minimum Gasteiger partial charge on any atom is -0.494 e. The van der Waals surface area contributed by atoms with Crippen LogP contribution in [0.1, 0.15) is 42.2 Å². The summed E-state index contributed by atoms with van der Waals surface area (Å²) in [6.07, 6.45) is 0.430. The molecule has 0 bridgehead atoms. The highest BCUT2D eigenvalue weighted by Gasteiger charge is 2.31. The first-order valence-electron chi connectivity index (χ1n) is 11.4. The molecule has 0 saturated heterocycles. The molecule has 0 radical (unpaired) electrons. The zero-order valence-electron chi connectivity index (χ0n) is 20.3. The van der Waals surface area contributed by atoms with Gasteiger partial charge < -0.3 is 19.3 Å². The summed E-state index contributed by atoms with van der Waals surface area (Å²) in [6.45, 7) is 1.04. The minimum absolute atomic E-state index is 0.0313. The fourth-order valence-electron chi connectivity index (χ4n) is 3.78. The van der Waals surface area contributed by atoms with E-state index in [1.807, 2.05) is 0 Å². The molecule has 0 spiro atoms. The first-order chi connectivity index (χ1) is 17.3. The van der Waals surface area contributed by atoms with E-state index in [0.29, 0.717) is 46.2 Å². The Morgan fingerprint density at radius 3 is 2.42 bits per heavy atom. The third kappa shape index (κ3) is 6.12. The van der Waals surface area contributed by atoms with E-state index in [-0.39, 0.29) is 30.3 Å². The van der Waals surface area contributed by atoms with Gasteiger partial charge in [-0.1, -0.05) is 18.5 Å². The third-order valence-electron chi connectivity index (χ3n) is 5.92. The van der Waals surface area contributed by atoms with Crippen LogP contribution in [0, 0.1) is 5.82 Å². The van der Waals surface area contributed by atoms with E-state index < -0.39 is 18.1 Å². The van der Waals surface area contributed by atoms with E-state index in [0.717, 1.165) is 0 Å². The number of methoxy groups -OCH3 is 2. The van der Waals surface area contributed by atoms with Crippen LogP contribution in [0.25, 0.3) is 11.3 Å². The Bertz CT molecular complexity index is 1220. The van der Waals surface area contributed by atoms with Gasteiger partial charge in [0.05, 0.1) is 24.9 Å². The van der Waals surface area contributed by atoms with Crippen LogP contribution in [0.3, 0.4) is 0 Å². The number of halogens is 3. The van der Waals surface area contributed by atoms with Gasteiger partial charge >= 0.3 is 0 Å². The molecule has 0 aliphatic heterocycles. The standard InChI is InChI=1S/C27H28ClF2NO5/c1-4-27(33,12-11-21(32)17-6-8-22(36-14-13-29)24(16-17)35-3)25-10-9-23(34-2)26(31-25)18-5-7-20(30)19(28)15-18/h5-10,15-16,33H,4,11-14H2,1-3H3. The molecule has 0 aliphatic rings. The van der Waals surface area contributed by atoms with Gasteiger partial charge in [0.15, 0.2) is 17.3 Å². The molecule has 1 heterocycles. The molecule has 3 rings (SSSR count). The normalized spacial score (nSPS) is 12.6. The van der Waals surface area contributed by atoms with Gasteiger partial charge in [0, 0.05) is 17.5 Å². The number of aliphatic hydroxyl groups is 1. The molecule has 1 N–H and O–H groups in total. The number of rotatable bonds is 12. The van der Waals surface area contributed by atoms with Crippen molar-refractivity contribution in [1.29, 1.82) is 0 Å². The average molecular weight is 520 g/mol. The van der Waals surface area contributed by atoms with E-state index in [9.17, 15) is 18.7 Å². The number of ether oxygens (including phenoxy) is 3. The lowest BCUT2D eigenvalue weighted by atomic mass is 9.88. The molecule has 0 aliphatic carbocycles. The van der Waals surface area contributed by atoms with Crippen molar-refractivity contribution in [3.63, 3.8) is 0 Å². The first-order valence-corrected chi connectivity index (χ1v) is 11.8. The Morgan fingerprint density at radius 2 is 1.78 bits per heavy atom. The molecule has 6 nitrogen and oxygen atoms in total. The van der Waals surface area contributed by atoms with Crippen molar-refractivity contribution in [2.45, 2.75) is 31.8 Å². The molecule has 192 valence electrons. The lowest BCUT2D eigenvalue weighted by Crippen LogP contribution is -2.27. The van der Waals surface area contributed by atoms with Gasteiger partial charge in [-0.15, -0.1) is 0 Å². The first kappa shape index (κ1) is 27.4. The fraction of sp³-hybridized carbons (Fsp3) is 0.333. The third-order valence-corrected chi connectivity index (χ3v) is 6.21. The van der Waals surface area contributed by atoms with Crippen molar-refractivity contribution < 1.29 is 32.9 Å². The molecular formula is C27H28ClF2NO5. The van der Waals surface area contributed by atoms with Gasteiger partial charge in [0.25, 0.3) is 0 Å². The zero-order chi connectivity index (χ0) is 26.3. The predicted molar refractivity (Wildman–Crippen MR) is 133 cm³/mol. The number of hydrogen-bond acceptors (Lipinski definition) is 6. The molecule has 1 aromatic heterocycles. The molecule has 3 aromatic rings. The van der Waals surface area contributed by atoms with Crippen LogP contribution >= 0.6 is 11.6 Å². The summed E-state index contributed by atoms with van der Waals surface area (Å²) in [7, 11) is 2.92. The Labute approximate surface area is 213 Å². The molecule has 0 saturated carbocycles. The molecule has 36 heavy (non-hydrogen) atoms. The molecule has 2 aromatic carbocycles. The van der Waals surface area contributed by atoms with Gasteiger partial charge in [0.2, 0.25) is 0 Å². The van der Waals surface area contributed by atoms with E-state index >= 15 is 0 Å². The van der Waals surface area contributed by atoms with Crippen molar-refractivity contribution in [3.8, 4) is 28.5 Å². The Kier molecular flexibility index (Phi) is 9.23. The SMILES string of the molecule is CCC(O)(CCC(=O)c1ccc(OCCF)c(OC)c1)c1ccc(OC)c(-c2ccc(F)c(Cl)c2)n1. The van der Waals surface area contributed by atoms with Gasteiger partial charge in [-0.25, -0.2) is 13.8 Å². The number of Topliss-reactive ketones (excluding diaryl/α,β-unsaturated/α-hetero) is 1. The highest BCUT2D eigenvalue weighted by atomic mass is 35.5. The van der Waals surface area contributed by atoms with Gasteiger partial charge in [-0.05, 0) is 61.4 Å². The Hall–Kier alpha value is -3.23. The number of benzene rings is 2. The summed E-state index contributed by atoms with van der Waals surface area (Å²) in [4.78, 5) is 17.5. The lowest BCUT2D eigenvalue weighted by molar-refractivity contribution is 0.0172. The number of pyridine rings is 1. The minimum atomic E-state index is -1.41. The summed E-state index contributed by atoms with van der Waals surface area (Å²) in [6, 6.07) is 12.2. The number of aromatic nitrogens is 1. The second-order valence-corrected chi connectivity index (χ2v) is 8.49. The van der Waals surface area contributed by atoms with Crippen LogP contribution in [0.2, 0.25) is 5.02 Å². The topological polar surface area (TPSA) is 77.9 Å². The maximum absolute atomic E-state index is 13.7. The van der Waals surface area contributed by atoms with E-state index in [4.69, 9.17) is 25.8 Å². The Morgan fingerprint density at radius 1 is 1.06 bits per heavy atom. The summed E-state index contributed by atoms with van der Waals surface area (Å²) in [5, 5.41) is 11.4. The second-order valence-electron chi connectivity index (χ2n) is 8.09. The maximum Gasteiger partial charge on any atom is 0.163 e. The smallest absolute Gasteiger partial charge is 0.163 e. The number of carbonyl (C=O) groups excluding carboxylic acids is 1. The van der Waals surface area contributed by atoms with Gasteiger partial charge in [-0.2, -0.15) is 0 Å². The van der Waals surface area contributed by atoms with Crippen LogP contribution in [0.4, 0.5) is 8.78 Å². The molecule has 1 atom stereocenters. The molecule has 9 heteroatoms. The Balaban J connectivity index is 1.84. The molecule has 0 fully saturated rings. The van der Waals surface area contributed by atoms with Crippen molar-refractivity contribution in [3.05, 3.63) is 70.6 Å². The number of nitrogens with zero attached hydrogens (tertiary/aromatic N) is 1. The van der Waals surface area contributed by atoms with Crippen molar-refractivity contribution >= 4 is 17.4 Å². The summed E-state index contributed by atoms with van der Waals surface area (Å²) in [5.41, 5.74) is 0.235. The van der Waals surface area contributed by atoms with Gasteiger partial charge in [0.1, 0.15) is 36.1 Å². The molecule has 1 unspecified atom stereocenters. The predicted octanol–water partition coefficient (Wildman–Crippen LogP) is 6.17. The number of ketones is 1. The van der Waals surface area contributed by atoms with Crippen LogP contribution in [-0.4, -0.2) is 43.4 Å². The summed E-state index contributed by atoms with van der Waals surface area (Å²) >= 11 is 5.95. The second kappa shape index (κ2) is 12.1. The highest BCUT2D eigenvalue weighted by molar-refractivity contribution is 6.31. The van der Waals surface area contributed by atoms with Crippen LogP contribution in [0.5, 0.6) is 17.2 Å². The average Bonchev–Trinajstić information content (AvgIpc) is 2.91. The number of alkyl halides is 1. The molecular weight excluding hydrogens is 492 g/mol. The van der Waals surface area contributed by atoms with Crippen LogP contribution in [0.15, 0.2) is 48.5 Å². The van der Waals surface area contributed by atoms with Crippen LogP contribution in [-0.2, 0) is 5.60 Å². The number of carbonyl (C=O) groups is 1. The highest BCUT2D eigenvalue weighted by Crippen LogP contribution is 2.36. The fourth-order valence-corrected chi connectivity index (χ4v) is 3.96. The lowest BCUT2D eigenvalue weighted by Gasteiger charge is -2.27. The van der Waals surface area contributed by atoms with Crippen LogP contribution < -0.4 is 14.2 Å². The van der Waals surface area contributed by atoms with E-state index in [2.05, 4.69) is 4.98 Å².